The van der Waals surface area contributed by atoms with E-state index >= 15 is 0 Å². The molecule has 0 fully saturated rings. The van der Waals surface area contributed by atoms with Crippen LogP contribution < -0.4 is 10.9 Å². The van der Waals surface area contributed by atoms with Crippen LogP contribution in [0.5, 0.6) is 0 Å². The van der Waals surface area contributed by atoms with E-state index in [1.54, 1.807) is 18.2 Å². The number of carbonyl (C=O) groups is 1. The van der Waals surface area contributed by atoms with Crippen LogP contribution in [0.1, 0.15) is 35.8 Å². The Morgan fingerprint density at radius 2 is 1.85 bits per heavy atom. The number of para-hydroxylation sites is 1. The average Bonchev–Trinajstić information content (AvgIpc) is 2.66. The van der Waals surface area contributed by atoms with Crippen molar-refractivity contribution in [1.29, 1.82) is 0 Å². The molecule has 0 radical (unpaired) electrons. The lowest BCUT2D eigenvalue weighted by molar-refractivity contribution is 0.102. The molecule has 134 valence electrons. The van der Waals surface area contributed by atoms with Crippen LogP contribution in [0.4, 0.5) is 5.69 Å². The van der Waals surface area contributed by atoms with Crippen molar-refractivity contribution in [2.75, 3.05) is 5.32 Å². The lowest BCUT2D eigenvalue weighted by Crippen LogP contribution is -2.14. The molecule has 5 heteroatoms. The van der Waals surface area contributed by atoms with E-state index < -0.39 is 0 Å². The van der Waals surface area contributed by atoms with Gasteiger partial charge in [0.1, 0.15) is 5.69 Å². The van der Waals surface area contributed by atoms with Gasteiger partial charge in [0.05, 0.1) is 11.0 Å². The molecule has 0 spiro atoms. The smallest absolute Gasteiger partial charge is 0.274 e. The molecule has 0 aliphatic rings. The quantitative estimate of drug-likeness (QED) is 0.569. The van der Waals surface area contributed by atoms with E-state index in [4.69, 9.17) is 0 Å². The number of aromatic amines is 1. The highest BCUT2D eigenvalue weighted by atomic mass is 16.2. The van der Waals surface area contributed by atoms with Gasteiger partial charge >= 0.3 is 0 Å². The summed E-state index contributed by atoms with van der Waals surface area (Å²) in [7, 11) is 0. The molecule has 0 aliphatic carbocycles. The van der Waals surface area contributed by atoms with Gasteiger partial charge in [-0.3, -0.25) is 9.59 Å². The number of H-pyrrole nitrogens is 1. The van der Waals surface area contributed by atoms with Gasteiger partial charge in [0.15, 0.2) is 0 Å². The van der Waals surface area contributed by atoms with Crippen LogP contribution in [0.15, 0.2) is 65.5 Å². The number of fused-ring (bicyclic) bond motifs is 2. The van der Waals surface area contributed by atoms with E-state index in [2.05, 4.69) is 29.1 Å². The van der Waals surface area contributed by atoms with Crippen LogP contribution in [-0.2, 0) is 0 Å². The lowest BCUT2D eigenvalue weighted by atomic mass is 9.99. The zero-order valence-corrected chi connectivity index (χ0v) is 15.1. The van der Waals surface area contributed by atoms with Crippen molar-refractivity contribution in [3.8, 4) is 0 Å². The fraction of sp³-hybridized carbons (Fsp3) is 0.136. The molecule has 27 heavy (non-hydrogen) atoms. The van der Waals surface area contributed by atoms with Gasteiger partial charge in [0.2, 0.25) is 5.56 Å². The maximum absolute atomic E-state index is 12.6. The van der Waals surface area contributed by atoms with E-state index in [1.165, 1.54) is 0 Å². The first kappa shape index (κ1) is 17.0. The highest BCUT2D eigenvalue weighted by Crippen LogP contribution is 2.25. The number of nitrogens with zero attached hydrogens (tertiary/aromatic N) is 1. The van der Waals surface area contributed by atoms with Crippen LogP contribution in [0, 0.1) is 0 Å². The molecule has 2 N–H and O–H groups in total. The number of carbonyl (C=O) groups excluding carboxylic acids is 1. The molecule has 1 amide bonds. The van der Waals surface area contributed by atoms with Crippen molar-refractivity contribution in [1.82, 2.24) is 9.97 Å². The summed E-state index contributed by atoms with van der Waals surface area (Å²) < 4.78 is 0. The van der Waals surface area contributed by atoms with Crippen molar-refractivity contribution < 1.29 is 4.79 Å². The third-order valence-corrected chi connectivity index (χ3v) is 4.59. The zero-order valence-electron chi connectivity index (χ0n) is 15.1. The average molecular weight is 357 g/mol. The van der Waals surface area contributed by atoms with Gasteiger partial charge in [-0.25, -0.2) is 4.98 Å². The van der Waals surface area contributed by atoms with Crippen LogP contribution in [0.25, 0.3) is 21.8 Å². The minimum Gasteiger partial charge on any atom is -0.322 e. The third-order valence-electron chi connectivity index (χ3n) is 4.59. The highest BCUT2D eigenvalue weighted by Gasteiger charge is 2.11. The summed E-state index contributed by atoms with van der Waals surface area (Å²) in [4.78, 5) is 31.8. The summed E-state index contributed by atoms with van der Waals surface area (Å²) in [5, 5.41) is 4.82. The second-order valence-corrected chi connectivity index (χ2v) is 6.85. The molecule has 4 aromatic rings. The molecule has 0 saturated heterocycles. The number of pyridine rings is 2. The normalized spacial score (nSPS) is 11.2. The molecule has 2 aromatic heterocycles. The van der Waals surface area contributed by atoms with E-state index in [0.29, 0.717) is 16.9 Å². The van der Waals surface area contributed by atoms with Crippen LogP contribution in [0.3, 0.4) is 0 Å². The summed E-state index contributed by atoms with van der Waals surface area (Å²) >= 11 is 0. The molecule has 4 rings (SSSR count). The predicted octanol–water partition coefficient (Wildman–Crippen LogP) is 4.45. The summed E-state index contributed by atoms with van der Waals surface area (Å²) in [6, 6.07) is 18.4. The van der Waals surface area contributed by atoms with Gasteiger partial charge in [-0.05, 0) is 35.7 Å². The van der Waals surface area contributed by atoms with Gasteiger partial charge in [-0.1, -0.05) is 44.2 Å². The SMILES string of the molecule is CC(C)c1cc(=O)[nH]c2cc(NC(=O)c3ccc4ccccc4n3)ccc12. The number of anilines is 1. The largest absolute Gasteiger partial charge is 0.322 e. The Morgan fingerprint density at radius 3 is 2.67 bits per heavy atom. The molecule has 2 heterocycles. The number of aromatic nitrogens is 2. The summed E-state index contributed by atoms with van der Waals surface area (Å²) in [6.45, 7) is 4.10. The Labute approximate surface area is 156 Å². The topological polar surface area (TPSA) is 74.8 Å². The van der Waals surface area contributed by atoms with Crippen LogP contribution >= 0.6 is 0 Å². The van der Waals surface area contributed by atoms with Crippen LogP contribution in [0.2, 0.25) is 0 Å². The highest BCUT2D eigenvalue weighted by molar-refractivity contribution is 6.05. The Kier molecular flexibility index (Phi) is 4.20. The standard InChI is InChI=1S/C22H19N3O2/c1-13(2)17-12-21(26)25-20-11-15(8-9-16(17)20)23-22(27)19-10-7-14-5-3-4-6-18(14)24-19/h3-13H,1-2H3,(H,23,27)(H,25,26). The van der Waals surface area contributed by atoms with Crippen molar-refractivity contribution in [3.05, 3.63) is 82.3 Å². The second kappa shape index (κ2) is 6.68. The molecule has 0 saturated carbocycles. The van der Waals surface area contributed by atoms with Gasteiger partial charge in [0, 0.05) is 22.5 Å². The Hall–Kier alpha value is -3.47. The molecule has 0 aliphatic heterocycles. The lowest BCUT2D eigenvalue weighted by Gasteiger charge is -2.11. The zero-order chi connectivity index (χ0) is 19.0. The second-order valence-electron chi connectivity index (χ2n) is 6.85. The molecular formula is C22H19N3O2. The molecule has 0 unspecified atom stereocenters. The minimum absolute atomic E-state index is 0.147. The number of benzene rings is 2. The van der Waals surface area contributed by atoms with E-state index in [0.717, 1.165) is 21.9 Å². The van der Waals surface area contributed by atoms with Crippen molar-refractivity contribution in [3.63, 3.8) is 0 Å². The van der Waals surface area contributed by atoms with Gasteiger partial charge in [0.25, 0.3) is 5.91 Å². The van der Waals surface area contributed by atoms with Crippen molar-refractivity contribution >= 4 is 33.4 Å². The number of nitrogens with one attached hydrogen (secondary N) is 2. The van der Waals surface area contributed by atoms with Gasteiger partial charge in [-0.15, -0.1) is 0 Å². The Bertz CT molecular complexity index is 1230. The van der Waals surface area contributed by atoms with Gasteiger partial charge < -0.3 is 10.3 Å². The summed E-state index contributed by atoms with van der Waals surface area (Å²) in [6.07, 6.45) is 0. The fourth-order valence-electron chi connectivity index (χ4n) is 3.23. The van der Waals surface area contributed by atoms with E-state index in [-0.39, 0.29) is 17.4 Å². The number of amides is 1. The first-order chi connectivity index (χ1) is 13.0. The summed E-state index contributed by atoms with van der Waals surface area (Å²) in [5.41, 5.74) is 3.27. The molecule has 0 atom stereocenters. The first-order valence-electron chi connectivity index (χ1n) is 8.85. The maximum atomic E-state index is 12.6. The van der Waals surface area contributed by atoms with Crippen molar-refractivity contribution in [2.24, 2.45) is 0 Å². The van der Waals surface area contributed by atoms with E-state index in [9.17, 15) is 9.59 Å². The molecule has 5 nitrogen and oxygen atoms in total. The Balaban J connectivity index is 1.68. The number of hydrogen-bond donors (Lipinski definition) is 2. The fourth-order valence-corrected chi connectivity index (χ4v) is 3.23. The van der Waals surface area contributed by atoms with Gasteiger partial charge in [-0.2, -0.15) is 0 Å². The third kappa shape index (κ3) is 3.31. The monoisotopic (exact) mass is 357 g/mol. The number of rotatable bonds is 3. The minimum atomic E-state index is -0.289. The molecule has 2 aromatic carbocycles. The van der Waals surface area contributed by atoms with Crippen molar-refractivity contribution in [2.45, 2.75) is 19.8 Å². The predicted molar refractivity (Wildman–Crippen MR) is 108 cm³/mol. The first-order valence-corrected chi connectivity index (χ1v) is 8.85. The maximum Gasteiger partial charge on any atom is 0.274 e. The van der Waals surface area contributed by atoms with E-state index in [1.807, 2.05) is 42.5 Å². The Morgan fingerprint density at radius 1 is 1.04 bits per heavy atom. The summed E-state index contributed by atoms with van der Waals surface area (Å²) in [5.74, 6) is -0.0560. The number of hydrogen-bond acceptors (Lipinski definition) is 3. The van der Waals surface area contributed by atoms with Crippen LogP contribution in [-0.4, -0.2) is 15.9 Å². The molecular weight excluding hydrogens is 338 g/mol. The molecule has 0 bridgehead atoms.